The molecule has 1 aliphatic rings. The molecule has 0 unspecified atom stereocenters. The van der Waals surface area contributed by atoms with Crippen molar-refractivity contribution in [1.82, 2.24) is 9.13 Å². The van der Waals surface area contributed by atoms with Crippen molar-refractivity contribution in [2.75, 3.05) is 0 Å². The van der Waals surface area contributed by atoms with Crippen LogP contribution < -0.4 is 0 Å². The summed E-state index contributed by atoms with van der Waals surface area (Å²) in [6.45, 7) is 2.72. The Balaban J connectivity index is 2.18. The van der Waals surface area contributed by atoms with Crippen molar-refractivity contribution in [3.05, 3.63) is 40.3 Å². The van der Waals surface area contributed by atoms with E-state index in [-0.39, 0.29) is 5.88 Å². The van der Waals surface area contributed by atoms with E-state index in [1.54, 1.807) is 11.6 Å². The molecular formula is C15H15N3OS. The van der Waals surface area contributed by atoms with E-state index in [4.69, 9.17) is 12.2 Å². The SMILES string of the molecule is CCn1c(C=C2C=Nc3ccccc32)c(O)n(C)c1=S. The number of allylic oxidation sites excluding steroid dienone is 1. The van der Waals surface area contributed by atoms with Crippen LogP contribution in [0.5, 0.6) is 5.88 Å². The first-order chi connectivity index (χ1) is 9.63. The van der Waals surface area contributed by atoms with Crippen LogP contribution in [0.2, 0.25) is 0 Å². The van der Waals surface area contributed by atoms with E-state index in [2.05, 4.69) is 4.99 Å². The van der Waals surface area contributed by atoms with Crippen LogP contribution in [0.3, 0.4) is 0 Å². The summed E-state index contributed by atoms with van der Waals surface area (Å²) in [6, 6.07) is 7.95. The van der Waals surface area contributed by atoms with Crippen molar-refractivity contribution < 1.29 is 5.11 Å². The van der Waals surface area contributed by atoms with Gasteiger partial charge in [-0.2, -0.15) is 0 Å². The van der Waals surface area contributed by atoms with E-state index in [0.29, 0.717) is 11.3 Å². The Morgan fingerprint density at radius 3 is 2.85 bits per heavy atom. The van der Waals surface area contributed by atoms with E-state index in [0.717, 1.165) is 22.5 Å². The van der Waals surface area contributed by atoms with E-state index in [1.807, 2.05) is 48.0 Å². The summed E-state index contributed by atoms with van der Waals surface area (Å²) in [7, 11) is 1.77. The standard InChI is InChI=1S/C15H15N3OS/c1-3-18-13(14(19)17(2)15(18)20)8-10-9-16-12-7-5-4-6-11(10)12/h4-9,19H,3H2,1-2H3. The maximum atomic E-state index is 10.2. The Hall–Kier alpha value is -2.14. The van der Waals surface area contributed by atoms with Crippen LogP contribution in [-0.2, 0) is 13.6 Å². The molecule has 1 aromatic heterocycles. The lowest BCUT2D eigenvalue weighted by atomic mass is 10.1. The number of aliphatic imine (C=N–C) groups is 1. The number of benzene rings is 1. The highest BCUT2D eigenvalue weighted by atomic mass is 32.1. The zero-order chi connectivity index (χ0) is 14.3. The summed E-state index contributed by atoms with van der Waals surface area (Å²) < 4.78 is 4.13. The topological polar surface area (TPSA) is 42.4 Å². The maximum absolute atomic E-state index is 10.2. The lowest BCUT2D eigenvalue weighted by Gasteiger charge is -2.03. The van der Waals surface area contributed by atoms with Gasteiger partial charge in [-0.15, -0.1) is 0 Å². The number of aromatic hydroxyl groups is 1. The van der Waals surface area contributed by atoms with Gasteiger partial charge in [-0.05, 0) is 31.3 Å². The zero-order valence-corrected chi connectivity index (χ0v) is 12.2. The van der Waals surface area contributed by atoms with Crippen molar-refractivity contribution in [2.24, 2.45) is 12.0 Å². The molecule has 0 fully saturated rings. The summed E-state index contributed by atoms with van der Waals surface area (Å²) in [4.78, 5) is 4.37. The van der Waals surface area contributed by atoms with E-state index in [1.165, 1.54) is 0 Å². The van der Waals surface area contributed by atoms with Gasteiger partial charge in [0.15, 0.2) is 4.77 Å². The lowest BCUT2D eigenvalue weighted by Crippen LogP contribution is -1.98. The van der Waals surface area contributed by atoms with Crippen LogP contribution in [-0.4, -0.2) is 20.5 Å². The minimum Gasteiger partial charge on any atom is -0.493 e. The Morgan fingerprint density at radius 1 is 1.35 bits per heavy atom. The molecule has 0 spiro atoms. The van der Waals surface area contributed by atoms with Crippen LogP contribution >= 0.6 is 12.2 Å². The Labute approximate surface area is 122 Å². The number of aromatic nitrogens is 2. The number of hydrogen-bond acceptors (Lipinski definition) is 3. The molecule has 0 bridgehead atoms. The van der Waals surface area contributed by atoms with E-state index >= 15 is 0 Å². The molecule has 1 N–H and O–H groups in total. The minimum atomic E-state index is 0.183. The maximum Gasteiger partial charge on any atom is 0.217 e. The largest absolute Gasteiger partial charge is 0.493 e. The fourth-order valence-electron chi connectivity index (χ4n) is 2.42. The third kappa shape index (κ3) is 1.82. The van der Waals surface area contributed by atoms with Crippen LogP contribution in [0.1, 0.15) is 18.2 Å². The zero-order valence-electron chi connectivity index (χ0n) is 11.4. The Morgan fingerprint density at radius 2 is 2.10 bits per heavy atom. The second-order valence-electron chi connectivity index (χ2n) is 4.67. The molecule has 4 nitrogen and oxygen atoms in total. The monoisotopic (exact) mass is 285 g/mol. The summed E-state index contributed by atoms with van der Waals surface area (Å²) >= 11 is 5.32. The van der Waals surface area contributed by atoms with Gasteiger partial charge in [0.2, 0.25) is 5.88 Å². The number of imidazole rings is 1. The molecule has 5 heteroatoms. The highest BCUT2D eigenvalue weighted by Gasteiger charge is 2.16. The predicted octanol–water partition coefficient (Wildman–Crippen LogP) is 3.54. The number of rotatable bonds is 2. The van der Waals surface area contributed by atoms with Gasteiger partial charge in [0.25, 0.3) is 0 Å². The fraction of sp³-hybridized carbons (Fsp3) is 0.200. The lowest BCUT2D eigenvalue weighted by molar-refractivity contribution is 0.430. The average Bonchev–Trinajstić information content (AvgIpc) is 2.96. The molecule has 3 rings (SSSR count). The van der Waals surface area contributed by atoms with E-state index < -0.39 is 0 Å². The van der Waals surface area contributed by atoms with E-state index in [9.17, 15) is 5.11 Å². The van der Waals surface area contributed by atoms with Gasteiger partial charge < -0.3 is 9.67 Å². The molecule has 1 aromatic carbocycles. The summed E-state index contributed by atoms with van der Waals surface area (Å²) in [5.41, 5.74) is 3.73. The summed E-state index contributed by atoms with van der Waals surface area (Å²) in [5, 5.41) is 10.2. The second-order valence-corrected chi connectivity index (χ2v) is 5.03. The number of nitrogens with zero attached hydrogens (tertiary/aromatic N) is 3. The molecule has 0 saturated heterocycles. The molecular weight excluding hydrogens is 270 g/mol. The smallest absolute Gasteiger partial charge is 0.217 e. The first-order valence-electron chi connectivity index (χ1n) is 6.47. The molecule has 0 aliphatic carbocycles. The van der Waals surface area contributed by atoms with Gasteiger partial charge in [-0.25, -0.2) is 0 Å². The van der Waals surface area contributed by atoms with Crippen LogP contribution in [0, 0.1) is 4.77 Å². The Kier molecular flexibility index (Phi) is 3.06. The van der Waals surface area contributed by atoms with Crippen LogP contribution in [0.15, 0.2) is 29.3 Å². The van der Waals surface area contributed by atoms with Gasteiger partial charge >= 0.3 is 0 Å². The molecule has 2 aromatic rings. The quantitative estimate of drug-likeness (QED) is 0.858. The third-order valence-corrected chi connectivity index (χ3v) is 4.02. The summed E-state index contributed by atoms with van der Waals surface area (Å²) in [5.74, 6) is 0.183. The molecule has 0 saturated carbocycles. The van der Waals surface area contributed by atoms with Crippen molar-refractivity contribution in [3.8, 4) is 5.88 Å². The number of fused-ring (bicyclic) bond motifs is 1. The first kappa shape index (κ1) is 12.9. The van der Waals surface area contributed by atoms with Gasteiger partial charge in [-0.1, -0.05) is 18.2 Å². The third-order valence-electron chi connectivity index (χ3n) is 3.52. The summed E-state index contributed by atoms with van der Waals surface area (Å²) in [6.07, 6.45) is 3.75. The van der Waals surface area contributed by atoms with Gasteiger partial charge in [0, 0.05) is 30.9 Å². The highest BCUT2D eigenvalue weighted by molar-refractivity contribution is 7.71. The number of para-hydroxylation sites is 1. The molecule has 20 heavy (non-hydrogen) atoms. The van der Waals surface area contributed by atoms with Crippen LogP contribution in [0.25, 0.3) is 11.6 Å². The fourth-order valence-corrected chi connectivity index (χ4v) is 2.73. The second kappa shape index (κ2) is 4.76. The molecule has 1 aliphatic heterocycles. The van der Waals surface area contributed by atoms with Crippen molar-refractivity contribution >= 4 is 35.8 Å². The molecule has 102 valence electrons. The van der Waals surface area contributed by atoms with Gasteiger partial charge in [0.05, 0.1) is 5.69 Å². The predicted molar refractivity (Wildman–Crippen MR) is 84.0 cm³/mol. The minimum absolute atomic E-state index is 0.183. The first-order valence-corrected chi connectivity index (χ1v) is 6.88. The molecule has 0 radical (unpaired) electrons. The average molecular weight is 285 g/mol. The molecule has 2 heterocycles. The van der Waals surface area contributed by atoms with Crippen molar-refractivity contribution in [3.63, 3.8) is 0 Å². The highest BCUT2D eigenvalue weighted by Crippen LogP contribution is 2.33. The van der Waals surface area contributed by atoms with Crippen LogP contribution in [0.4, 0.5) is 5.69 Å². The van der Waals surface area contributed by atoms with Crippen molar-refractivity contribution in [2.45, 2.75) is 13.5 Å². The van der Waals surface area contributed by atoms with Gasteiger partial charge in [-0.3, -0.25) is 9.56 Å². The molecule has 0 amide bonds. The normalized spacial score (nSPS) is 15.0. The Bertz CT molecular complexity index is 796. The van der Waals surface area contributed by atoms with Crippen molar-refractivity contribution in [1.29, 1.82) is 0 Å². The molecule has 0 atom stereocenters. The number of hydrogen-bond donors (Lipinski definition) is 1. The van der Waals surface area contributed by atoms with Gasteiger partial charge in [0.1, 0.15) is 5.69 Å².